The van der Waals surface area contributed by atoms with E-state index >= 15 is 0 Å². The van der Waals surface area contributed by atoms with Crippen LogP contribution in [0.1, 0.15) is 19.8 Å². The van der Waals surface area contributed by atoms with Crippen LogP contribution in [-0.2, 0) is 4.74 Å². The molecule has 47 valence electrons. The summed E-state index contributed by atoms with van der Waals surface area (Å²) in [6, 6.07) is 0. The van der Waals surface area contributed by atoms with Crippen LogP contribution in [0.4, 0.5) is 0 Å². The van der Waals surface area contributed by atoms with Gasteiger partial charge in [0.15, 0.2) is 0 Å². The molecule has 8 heavy (non-hydrogen) atoms. The van der Waals surface area contributed by atoms with E-state index in [1.807, 2.05) is 6.08 Å². The van der Waals surface area contributed by atoms with E-state index in [0.717, 1.165) is 6.42 Å². The molecule has 0 N–H and O–H groups in total. The Bertz CT molecular complexity index is 49.4. The van der Waals surface area contributed by atoms with Gasteiger partial charge in [0.05, 0.1) is 13.7 Å². The van der Waals surface area contributed by atoms with Gasteiger partial charge in [0, 0.05) is 0 Å². The molecule has 0 bridgehead atoms. The molecule has 1 radical (unpaired) electrons. The minimum absolute atomic E-state index is 0.639. The Hall–Kier alpha value is -0.300. The Morgan fingerprint density at radius 3 is 2.75 bits per heavy atom. The Morgan fingerprint density at radius 1 is 1.50 bits per heavy atom. The topological polar surface area (TPSA) is 9.23 Å². The van der Waals surface area contributed by atoms with Gasteiger partial charge in [-0.3, -0.25) is 0 Å². The largest absolute Gasteiger partial charge is 0.375 e. The maximum Gasteiger partial charge on any atom is 0.0704 e. The lowest BCUT2D eigenvalue weighted by Crippen LogP contribution is -1.76. The van der Waals surface area contributed by atoms with Crippen LogP contribution >= 0.6 is 0 Å². The molecule has 1 heteroatoms. The summed E-state index contributed by atoms with van der Waals surface area (Å²) in [7, 11) is 3.23. The quantitative estimate of drug-likeness (QED) is 0.507. The molecule has 0 saturated carbocycles. The van der Waals surface area contributed by atoms with Crippen molar-refractivity contribution >= 4 is 0 Å². The van der Waals surface area contributed by atoms with Crippen LogP contribution in [-0.4, -0.2) is 6.61 Å². The minimum Gasteiger partial charge on any atom is -0.375 e. The number of allylic oxidation sites excluding steroid dienone is 1. The maximum absolute atomic E-state index is 4.55. The summed E-state index contributed by atoms with van der Waals surface area (Å²) in [6.45, 7) is 2.79. The second-order valence-corrected chi connectivity index (χ2v) is 1.63. The number of hydrogen-bond acceptors (Lipinski definition) is 1. The highest BCUT2D eigenvalue weighted by molar-refractivity contribution is 4.80. The molecule has 0 aromatic heterocycles. The van der Waals surface area contributed by atoms with Crippen LogP contribution in [0.25, 0.3) is 0 Å². The zero-order chi connectivity index (χ0) is 6.24. The molecule has 0 spiro atoms. The summed E-state index contributed by atoms with van der Waals surface area (Å²) in [6.07, 6.45) is 6.43. The number of ether oxygens (including phenoxy) is 1. The summed E-state index contributed by atoms with van der Waals surface area (Å²) in [5, 5.41) is 0. The van der Waals surface area contributed by atoms with Crippen molar-refractivity contribution in [3.63, 3.8) is 0 Å². The standard InChI is InChI=1S/C7H13O/c1-3-4-5-6-7-8-2/h5-6H,2-4,7H2,1H3. The average Bonchev–Trinajstić information content (AvgIpc) is 1.81. The molecule has 0 aliphatic rings. The summed E-state index contributed by atoms with van der Waals surface area (Å²) in [5.74, 6) is 0. The molecule has 0 atom stereocenters. The lowest BCUT2D eigenvalue weighted by Gasteiger charge is -1.85. The highest BCUT2D eigenvalue weighted by Crippen LogP contribution is 1.87. The van der Waals surface area contributed by atoms with E-state index in [2.05, 4.69) is 24.8 Å². The van der Waals surface area contributed by atoms with Gasteiger partial charge in [0.2, 0.25) is 0 Å². The first kappa shape index (κ1) is 7.70. The van der Waals surface area contributed by atoms with Crippen molar-refractivity contribution < 1.29 is 4.74 Å². The maximum atomic E-state index is 4.55. The van der Waals surface area contributed by atoms with Crippen molar-refractivity contribution in [3.8, 4) is 0 Å². The third-order valence-corrected chi connectivity index (χ3v) is 0.836. The lowest BCUT2D eigenvalue weighted by molar-refractivity contribution is 0.281. The van der Waals surface area contributed by atoms with Crippen molar-refractivity contribution in [2.75, 3.05) is 6.61 Å². The van der Waals surface area contributed by atoms with Gasteiger partial charge in [-0.1, -0.05) is 25.5 Å². The molecule has 0 aromatic rings. The van der Waals surface area contributed by atoms with Gasteiger partial charge in [-0.25, -0.2) is 0 Å². The third-order valence-electron chi connectivity index (χ3n) is 0.836. The zero-order valence-corrected chi connectivity index (χ0v) is 5.39. The van der Waals surface area contributed by atoms with Crippen molar-refractivity contribution in [1.29, 1.82) is 0 Å². The van der Waals surface area contributed by atoms with Gasteiger partial charge >= 0.3 is 0 Å². The highest BCUT2D eigenvalue weighted by atomic mass is 16.5. The van der Waals surface area contributed by atoms with Crippen molar-refractivity contribution in [2.24, 2.45) is 0 Å². The van der Waals surface area contributed by atoms with E-state index in [0.29, 0.717) is 6.61 Å². The Labute approximate surface area is 51.4 Å². The molecule has 0 aromatic carbocycles. The van der Waals surface area contributed by atoms with Crippen LogP contribution in [0, 0.1) is 7.11 Å². The van der Waals surface area contributed by atoms with E-state index in [-0.39, 0.29) is 0 Å². The molecule has 0 saturated heterocycles. The van der Waals surface area contributed by atoms with E-state index in [4.69, 9.17) is 0 Å². The van der Waals surface area contributed by atoms with Crippen LogP contribution in [0.15, 0.2) is 12.2 Å². The fraction of sp³-hybridized carbons (Fsp3) is 0.571. The lowest BCUT2D eigenvalue weighted by atomic mass is 10.3. The molecule has 0 unspecified atom stereocenters. The fourth-order valence-corrected chi connectivity index (χ4v) is 0.421. The second kappa shape index (κ2) is 6.70. The summed E-state index contributed by atoms with van der Waals surface area (Å²) < 4.78 is 4.55. The Morgan fingerprint density at radius 2 is 2.25 bits per heavy atom. The van der Waals surface area contributed by atoms with E-state index in [1.165, 1.54) is 6.42 Å². The number of hydrogen-bond donors (Lipinski definition) is 0. The van der Waals surface area contributed by atoms with E-state index in [1.54, 1.807) is 0 Å². The zero-order valence-electron chi connectivity index (χ0n) is 5.39. The molecular weight excluding hydrogens is 100 g/mol. The average molecular weight is 113 g/mol. The van der Waals surface area contributed by atoms with Crippen LogP contribution < -0.4 is 0 Å². The Kier molecular flexibility index (Phi) is 6.45. The first-order chi connectivity index (χ1) is 3.91. The van der Waals surface area contributed by atoms with Crippen molar-refractivity contribution in [3.05, 3.63) is 19.3 Å². The predicted octanol–water partition coefficient (Wildman–Crippen LogP) is 2.15. The molecule has 0 rings (SSSR count). The Balaban J connectivity index is 2.83. The monoisotopic (exact) mass is 113 g/mol. The molecule has 1 nitrogen and oxygen atoms in total. The smallest absolute Gasteiger partial charge is 0.0704 e. The molecule has 0 heterocycles. The minimum atomic E-state index is 0.639. The fourth-order valence-electron chi connectivity index (χ4n) is 0.421. The van der Waals surface area contributed by atoms with Gasteiger partial charge in [-0.05, 0) is 6.42 Å². The first-order valence-electron chi connectivity index (χ1n) is 2.93. The van der Waals surface area contributed by atoms with Crippen LogP contribution in [0.5, 0.6) is 0 Å². The third kappa shape index (κ3) is 5.70. The van der Waals surface area contributed by atoms with Gasteiger partial charge in [-0.15, -0.1) is 0 Å². The van der Waals surface area contributed by atoms with Gasteiger partial charge < -0.3 is 4.74 Å². The van der Waals surface area contributed by atoms with Crippen LogP contribution in [0.3, 0.4) is 0 Å². The SMILES string of the molecule is [CH2]OCC=CCCC. The summed E-state index contributed by atoms with van der Waals surface area (Å²) in [5.41, 5.74) is 0. The molecule has 0 aliphatic heterocycles. The second-order valence-electron chi connectivity index (χ2n) is 1.63. The highest BCUT2D eigenvalue weighted by Gasteiger charge is 1.71. The van der Waals surface area contributed by atoms with Crippen LogP contribution in [0.2, 0.25) is 0 Å². The molecule has 0 amide bonds. The van der Waals surface area contributed by atoms with Crippen molar-refractivity contribution in [2.45, 2.75) is 19.8 Å². The molecule has 0 fully saturated rings. The molecule has 0 aliphatic carbocycles. The van der Waals surface area contributed by atoms with Gasteiger partial charge in [-0.2, -0.15) is 0 Å². The summed E-state index contributed by atoms with van der Waals surface area (Å²) in [4.78, 5) is 0. The molecular formula is C7H13O. The predicted molar refractivity (Wildman–Crippen MR) is 35.4 cm³/mol. The number of unbranched alkanes of at least 4 members (excludes halogenated alkanes) is 1. The first-order valence-corrected chi connectivity index (χ1v) is 2.93. The van der Waals surface area contributed by atoms with E-state index in [9.17, 15) is 0 Å². The van der Waals surface area contributed by atoms with Gasteiger partial charge in [0.1, 0.15) is 0 Å². The van der Waals surface area contributed by atoms with Crippen molar-refractivity contribution in [1.82, 2.24) is 0 Å². The normalized spacial score (nSPS) is 10.8. The van der Waals surface area contributed by atoms with Gasteiger partial charge in [0.25, 0.3) is 0 Å². The number of rotatable bonds is 4. The van der Waals surface area contributed by atoms with E-state index < -0.39 is 0 Å². The summed E-state index contributed by atoms with van der Waals surface area (Å²) >= 11 is 0.